The van der Waals surface area contributed by atoms with E-state index in [0.717, 1.165) is 35.9 Å². The summed E-state index contributed by atoms with van der Waals surface area (Å²) >= 11 is 0. The Balaban J connectivity index is 1.47. The molecule has 3 aromatic rings. The summed E-state index contributed by atoms with van der Waals surface area (Å²) in [4.78, 5) is 12.1. The van der Waals surface area contributed by atoms with Gasteiger partial charge in [-0.25, -0.2) is 4.98 Å². The van der Waals surface area contributed by atoms with Crippen molar-refractivity contribution in [2.75, 3.05) is 7.05 Å². The van der Waals surface area contributed by atoms with Crippen molar-refractivity contribution in [2.24, 2.45) is 4.99 Å². The normalized spacial score (nSPS) is 12.6. The van der Waals surface area contributed by atoms with Gasteiger partial charge in [0.05, 0.1) is 18.4 Å². The maximum Gasteiger partial charge on any atom is 0.191 e. The number of hydrogen-bond acceptors (Lipinski definition) is 2. The van der Waals surface area contributed by atoms with Gasteiger partial charge in [0.15, 0.2) is 5.96 Å². The number of nitrogens with zero attached hydrogens (tertiary/aromatic N) is 2. The third-order valence-corrected chi connectivity index (χ3v) is 4.45. The number of aromatic amines is 1. The Morgan fingerprint density at radius 3 is 2.48 bits per heavy atom. The molecule has 1 aromatic heterocycles. The van der Waals surface area contributed by atoms with Crippen molar-refractivity contribution in [3.63, 3.8) is 0 Å². The van der Waals surface area contributed by atoms with Gasteiger partial charge in [0.2, 0.25) is 0 Å². The highest BCUT2D eigenvalue weighted by Gasteiger charge is 2.07. The van der Waals surface area contributed by atoms with Gasteiger partial charge in [-0.05, 0) is 30.9 Å². The van der Waals surface area contributed by atoms with Crippen molar-refractivity contribution in [1.82, 2.24) is 20.6 Å². The summed E-state index contributed by atoms with van der Waals surface area (Å²) in [7, 11) is 1.79. The summed E-state index contributed by atoms with van der Waals surface area (Å²) in [6, 6.07) is 21.1. The van der Waals surface area contributed by atoms with Gasteiger partial charge in [0.25, 0.3) is 0 Å². The molecule has 0 saturated heterocycles. The zero-order valence-electron chi connectivity index (χ0n) is 15.9. The van der Waals surface area contributed by atoms with Gasteiger partial charge in [-0.2, -0.15) is 0 Å². The first-order chi connectivity index (χ1) is 13.2. The highest BCUT2D eigenvalue weighted by atomic mass is 15.2. The lowest BCUT2D eigenvalue weighted by molar-refractivity contribution is 0.592. The van der Waals surface area contributed by atoms with E-state index >= 15 is 0 Å². The Labute approximate surface area is 161 Å². The van der Waals surface area contributed by atoms with Gasteiger partial charge >= 0.3 is 0 Å². The van der Waals surface area contributed by atoms with E-state index < -0.39 is 0 Å². The maximum atomic E-state index is 4.45. The molecular weight excluding hydrogens is 334 g/mol. The molecule has 0 fully saturated rings. The maximum absolute atomic E-state index is 4.45. The molecule has 0 amide bonds. The minimum Gasteiger partial charge on any atom is -0.354 e. The molecule has 140 valence electrons. The Kier molecular flexibility index (Phi) is 6.63. The smallest absolute Gasteiger partial charge is 0.191 e. The van der Waals surface area contributed by atoms with Gasteiger partial charge < -0.3 is 15.6 Å². The lowest BCUT2D eigenvalue weighted by Gasteiger charge is -2.17. The average Bonchev–Trinajstić information content (AvgIpc) is 3.20. The topological polar surface area (TPSA) is 65.1 Å². The monoisotopic (exact) mass is 361 g/mol. The minimum absolute atomic E-state index is 0.327. The van der Waals surface area contributed by atoms with E-state index in [4.69, 9.17) is 0 Å². The molecule has 5 heteroatoms. The molecule has 0 saturated carbocycles. The molecular formula is C22H27N5. The lowest BCUT2D eigenvalue weighted by Crippen LogP contribution is -2.42. The number of aryl methyl sites for hydroxylation is 1. The van der Waals surface area contributed by atoms with Crippen LogP contribution >= 0.6 is 0 Å². The van der Waals surface area contributed by atoms with Crippen LogP contribution in [-0.2, 0) is 13.0 Å². The predicted molar refractivity (Wildman–Crippen MR) is 112 cm³/mol. The summed E-state index contributed by atoms with van der Waals surface area (Å²) in [5.41, 5.74) is 3.51. The van der Waals surface area contributed by atoms with Crippen LogP contribution in [0.1, 0.15) is 24.7 Å². The summed E-state index contributed by atoms with van der Waals surface area (Å²) in [6.07, 6.45) is 3.96. The number of benzene rings is 2. The van der Waals surface area contributed by atoms with Crippen LogP contribution in [0.4, 0.5) is 0 Å². The van der Waals surface area contributed by atoms with Crippen LogP contribution in [0, 0.1) is 0 Å². The summed E-state index contributed by atoms with van der Waals surface area (Å²) in [5, 5.41) is 6.77. The number of guanidine groups is 1. The van der Waals surface area contributed by atoms with Crippen LogP contribution < -0.4 is 10.6 Å². The van der Waals surface area contributed by atoms with E-state index in [-0.39, 0.29) is 0 Å². The Bertz CT molecular complexity index is 839. The van der Waals surface area contributed by atoms with Crippen molar-refractivity contribution in [3.8, 4) is 11.3 Å². The van der Waals surface area contributed by atoms with Gasteiger partial charge in [-0.15, -0.1) is 0 Å². The molecule has 3 N–H and O–H groups in total. The second-order valence-electron chi connectivity index (χ2n) is 6.61. The van der Waals surface area contributed by atoms with Crippen molar-refractivity contribution >= 4 is 5.96 Å². The first-order valence-corrected chi connectivity index (χ1v) is 9.35. The summed E-state index contributed by atoms with van der Waals surface area (Å²) in [6.45, 7) is 2.77. The third kappa shape index (κ3) is 5.71. The summed E-state index contributed by atoms with van der Waals surface area (Å²) < 4.78 is 0. The fourth-order valence-electron chi connectivity index (χ4n) is 2.91. The average molecular weight is 361 g/mol. The van der Waals surface area contributed by atoms with E-state index in [0.29, 0.717) is 12.6 Å². The Morgan fingerprint density at radius 1 is 1.07 bits per heavy atom. The standard InChI is InChI=1S/C22H27N5/c1-17(13-14-18-9-5-3-6-10-18)26-22(23-2)25-16-21-24-15-20(27-21)19-11-7-4-8-12-19/h3-12,15,17H,13-14,16H2,1-2H3,(H,24,27)(H2,23,25,26). The van der Waals surface area contributed by atoms with Crippen molar-refractivity contribution in [1.29, 1.82) is 0 Å². The van der Waals surface area contributed by atoms with Crippen LogP contribution in [0.2, 0.25) is 0 Å². The molecule has 0 aliphatic rings. The fraction of sp³-hybridized carbons (Fsp3) is 0.273. The summed E-state index contributed by atoms with van der Waals surface area (Å²) in [5.74, 6) is 1.67. The second-order valence-corrected chi connectivity index (χ2v) is 6.61. The lowest BCUT2D eigenvalue weighted by atomic mass is 10.1. The van der Waals surface area contributed by atoms with Crippen molar-refractivity contribution in [2.45, 2.75) is 32.4 Å². The zero-order chi connectivity index (χ0) is 18.9. The second kappa shape index (κ2) is 9.57. The molecule has 0 radical (unpaired) electrons. The largest absolute Gasteiger partial charge is 0.354 e. The Hall–Kier alpha value is -3.08. The highest BCUT2D eigenvalue weighted by molar-refractivity contribution is 5.79. The number of aromatic nitrogens is 2. The SMILES string of the molecule is CN=C(NCc1ncc(-c2ccccc2)[nH]1)NC(C)CCc1ccccc1. The number of aliphatic imine (C=N–C) groups is 1. The third-order valence-electron chi connectivity index (χ3n) is 4.45. The molecule has 1 unspecified atom stereocenters. The van der Waals surface area contributed by atoms with Gasteiger partial charge in [0, 0.05) is 13.1 Å². The molecule has 3 rings (SSSR count). The van der Waals surface area contributed by atoms with Gasteiger partial charge in [-0.3, -0.25) is 4.99 Å². The number of nitrogens with one attached hydrogen (secondary N) is 3. The van der Waals surface area contributed by atoms with Crippen molar-refractivity contribution < 1.29 is 0 Å². The van der Waals surface area contributed by atoms with E-state index in [2.05, 4.69) is 75.0 Å². The predicted octanol–water partition coefficient (Wildman–Crippen LogP) is 3.76. The molecule has 0 bridgehead atoms. The van der Waals surface area contributed by atoms with Crippen LogP contribution in [-0.4, -0.2) is 29.0 Å². The fourth-order valence-corrected chi connectivity index (χ4v) is 2.91. The highest BCUT2D eigenvalue weighted by Crippen LogP contribution is 2.15. The zero-order valence-corrected chi connectivity index (χ0v) is 15.9. The Morgan fingerprint density at radius 2 is 1.78 bits per heavy atom. The van der Waals surface area contributed by atoms with Gasteiger partial charge in [-0.1, -0.05) is 60.7 Å². The van der Waals surface area contributed by atoms with Crippen LogP contribution in [0.5, 0.6) is 0 Å². The molecule has 1 atom stereocenters. The van der Waals surface area contributed by atoms with E-state index in [9.17, 15) is 0 Å². The molecule has 1 heterocycles. The van der Waals surface area contributed by atoms with E-state index in [1.165, 1.54) is 5.56 Å². The van der Waals surface area contributed by atoms with Crippen LogP contribution in [0.25, 0.3) is 11.3 Å². The molecule has 27 heavy (non-hydrogen) atoms. The molecule has 5 nitrogen and oxygen atoms in total. The number of H-pyrrole nitrogens is 1. The quantitative estimate of drug-likeness (QED) is 0.443. The van der Waals surface area contributed by atoms with Crippen molar-refractivity contribution in [3.05, 3.63) is 78.2 Å². The first-order valence-electron chi connectivity index (χ1n) is 9.35. The number of hydrogen-bond donors (Lipinski definition) is 3. The molecule has 2 aromatic carbocycles. The van der Waals surface area contributed by atoms with E-state index in [1.54, 1.807) is 7.05 Å². The first kappa shape index (κ1) is 18.7. The minimum atomic E-state index is 0.327. The van der Waals surface area contributed by atoms with Gasteiger partial charge in [0.1, 0.15) is 5.82 Å². The molecule has 0 aliphatic carbocycles. The van der Waals surface area contributed by atoms with Crippen LogP contribution in [0.15, 0.2) is 71.9 Å². The molecule has 0 spiro atoms. The number of rotatable bonds is 7. The van der Waals surface area contributed by atoms with Crippen LogP contribution in [0.3, 0.4) is 0 Å². The van der Waals surface area contributed by atoms with E-state index in [1.807, 2.05) is 24.4 Å². The molecule has 0 aliphatic heterocycles. The number of imidazole rings is 1.